The number of halogens is 1. The minimum Gasteiger partial charge on any atom is -0.477 e. The summed E-state index contributed by atoms with van der Waals surface area (Å²) >= 11 is 7.21. The van der Waals surface area contributed by atoms with Gasteiger partial charge in [0.05, 0.1) is 6.54 Å². The van der Waals surface area contributed by atoms with Crippen LogP contribution in [-0.2, 0) is 11.2 Å². The van der Waals surface area contributed by atoms with E-state index in [9.17, 15) is 14.7 Å². The molecule has 7 heteroatoms. The molecule has 0 saturated carbocycles. The number of rotatable bonds is 6. The van der Waals surface area contributed by atoms with Crippen LogP contribution in [0, 0.1) is 0 Å². The quantitative estimate of drug-likeness (QED) is 0.586. The maximum atomic E-state index is 12.5. The van der Waals surface area contributed by atoms with E-state index in [-0.39, 0.29) is 18.5 Å². The van der Waals surface area contributed by atoms with Crippen molar-refractivity contribution in [1.29, 1.82) is 0 Å². The number of likely N-dealkylation sites (tertiary alicyclic amines) is 1. The molecule has 1 atom stereocenters. The zero-order valence-electron chi connectivity index (χ0n) is 15.7. The number of nitrogens with one attached hydrogen (secondary N) is 1. The molecule has 0 aliphatic carbocycles. The predicted octanol–water partition coefficient (Wildman–Crippen LogP) is 4.90. The van der Waals surface area contributed by atoms with Gasteiger partial charge < -0.3 is 10.4 Å². The van der Waals surface area contributed by atoms with Gasteiger partial charge in [0.2, 0.25) is 5.91 Å². The summed E-state index contributed by atoms with van der Waals surface area (Å²) in [5.74, 6) is -0.959. The number of fused-ring (bicyclic) bond motifs is 1. The van der Waals surface area contributed by atoms with Crippen LogP contribution in [0.15, 0.2) is 48.5 Å². The van der Waals surface area contributed by atoms with Crippen LogP contribution in [0.1, 0.15) is 28.1 Å². The van der Waals surface area contributed by atoms with Gasteiger partial charge in [0, 0.05) is 21.5 Å². The number of aromatic carboxylic acids is 1. The number of hydrogen-bond acceptors (Lipinski definition) is 4. The molecule has 1 fully saturated rings. The largest absolute Gasteiger partial charge is 0.477 e. The lowest BCUT2D eigenvalue weighted by Gasteiger charge is -2.24. The molecule has 1 amide bonds. The molecule has 4 rings (SSSR count). The first-order valence-corrected chi connectivity index (χ1v) is 10.7. The topological polar surface area (TPSA) is 69.6 Å². The van der Waals surface area contributed by atoms with E-state index in [4.69, 9.17) is 11.6 Å². The van der Waals surface area contributed by atoms with E-state index in [0.717, 1.165) is 35.0 Å². The second kappa shape index (κ2) is 8.53. The Labute approximate surface area is 177 Å². The summed E-state index contributed by atoms with van der Waals surface area (Å²) in [6, 6.07) is 15.0. The first-order valence-electron chi connectivity index (χ1n) is 9.54. The fraction of sp³-hybridized carbons (Fsp3) is 0.273. The van der Waals surface area contributed by atoms with Crippen molar-refractivity contribution in [2.24, 2.45) is 0 Å². The minimum atomic E-state index is -0.883. The maximum absolute atomic E-state index is 12.5. The molecule has 1 aliphatic rings. The highest BCUT2D eigenvalue weighted by Crippen LogP contribution is 2.34. The third-order valence-corrected chi connectivity index (χ3v) is 6.76. The SMILES string of the molecule is O=C(CN1CCC[C@H]1Cc1c(C(=O)O)sc2ccccc12)Nc1ccc(Cl)cc1. The van der Waals surface area contributed by atoms with E-state index < -0.39 is 5.97 Å². The number of benzene rings is 2. The highest BCUT2D eigenvalue weighted by Gasteiger charge is 2.29. The molecule has 0 radical (unpaired) electrons. The monoisotopic (exact) mass is 428 g/mol. The number of carboxylic acids is 1. The Morgan fingerprint density at radius 3 is 2.69 bits per heavy atom. The van der Waals surface area contributed by atoms with Gasteiger partial charge in [0.25, 0.3) is 0 Å². The normalized spacial score (nSPS) is 16.9. The minimum absolute atomic E-state index is 0.0761. The number of carbonyl (C=O) groups is 2. The zero-order chi connectivity index (χ0) is 20.4. The average Bonchev–Trinajstić information content (AvgIpc) is 3.29. The predicted molar refractivity (Wildman–Crippen MR) is 117 cm³/mol. The molecule has 0 bridgehead atoms. The van der Waals surface area contributed by atoms with Crippen molar-refractivity contribution in [3.63, 3.8) is 0 Å². The molecule has 0 spiro atoms. The fourth-order valence-electron chi connectivity index (χ4n) is 3.96. The number of carbonyl (C=O) groups excluding carboxylic acids is 1. The van der Waals surface area contributed by atoms with Gasteiger partial charge in [-0.15, -0.1) is 11.3 Å². The smallest absolute Gasteiger partial charge is 0.346 e. The van der Waals surface area contributed by atoms with E-state index in [0.29, 0.717) is 22.0 Å². The number of thiophene rings is 1. The molecular formula is C22H21ClN2O3S. The molecule has 29 heavy (non-hydrogen) atoms. The highest BCUT2D eigenvalue weighted by molar-refractivity contribution is 7.21. The van der Waals surface area contributed by atoms with Gasteiger partial charge >= 0.3 is 5.97 Å². The van der Waals surface area contributed by atoms with Crippen LogP contribution in [0.2, 0.25) is 5.02 Å². The van der Waals surface area contributed by atoms with Gasteiger partial charge in [-0.3, -0.25) is 9.69 Å². The lowest BCUT2D eigenvalue weighted by Crippen LogP contribution is -2.38. The molecule has 1 saturated heterocycles. The molecular weight excluding hydrogens is 408 g/mol. The molecule has 1 aliphatic heterocycles. The summed E-state index contributed by atoms with van der Waals surface area (Å²) in [7, 11) is 0. The van der Waals surface area contributed by atoms with Gasteiger partial charge in [-0.2, -0.15) is 0 Å². The fourth-order valence-corrected chi connectivity index (χ4v) is 5.16. The lowest BCUT2D eigenvalue weighted by molar-refractivity contribution is -0.117. The molecule has 5 nitrogen and oxygen atoms in total. The molecule has 2 heterocycles. The molecule has 150 valence electrons. The number of anilines is 1. The van der Waals surface area contributed by atoms with Crippen LogP contribution in [-0.4, -0.2) is 41.0 Å². The summed E-state index contributed by atoms with van der Waals surface area (Å²) in [6.45, 7) is 1.13. The molecule has 2 aromatic carbocycles. The van der Waals surface area contributed by atoms with Crippen LogP contribution in [0.5, 0.6) is 0 Å². The Hall–Kier alpha value is -2.41. The molecule has 3 aromatic rings. The van der Waals surface area contributed by atoms with Gasteiger partial charge in [-0.05, 0) is 67.1 Å². The van der Waals surface area contributed by atoms with Crippen LogP contribution in [0.25, 0.3) is 10.1 Å². The van der Waals surface area contributed by atoms with Crippen molar-refractivity contribution < 1.29 is 14.7 Å². The van der Waals surface area contributed by atoms with E-state index in [1.807, 2.05) is 24.3 Å². The Morgan fingerprint density at radius 1 is 1.17 bits per heavy atom. The first kappa shape index (κ1) is 19.9. The summed E-state index contributed by atoms with van der Waals surface area (Å²) < 4.78 is 0.991. The van der Waals surface area contributed by atoms with Gasteiger partial charge in [0.1, 0.15) is 4.88 Å². The lowest BCUT2D eigenvalue weighted by atomic mass is 10.0. The number of hydrogen-bond donors (Lipinski definition) is 2. The zero-order valence-corrected chi connectivity index (χ0v) is 17.3. The first-order chi connectivity index (χ1) is 14.0. The number of carboxylic acid groups (broad SMARTS) is 1. The van der Waals surface area contributed by atoms with Crippen molar-refractivity contribution in [3.05, 3.63) is 64.0 Å². The van der Waals surface area contributed by atoms with E-state index in [1.54, 1.807) is 24.3 Å². The van der Waals surface area contributed by atoms with Crippen molar-refractivity contribution in [1.82, 2.24) is 4.90 Å². The Morgan fingerprint density at radius 2 is 1.93 bits per heavy atom. The average molecular weight is 429 g/mol. The summed E-state index contributed by atoms with van der Waals surface area (Å²) in [5.41, 5.74) is 1.60. The number of nitrogens with zero attached hydrogens (tertiary/aromatic N) is 1. The molecule has 2 N–H and O–H groups in total. The second-order valence-electron chi connectivity index (χ2n) is 7.24. The second-order valence-corrected chi connectivity index (χ2v) is 8.73. The van der Waals surface area contributed by atoms with E-state index in [1.165, 1.54) is 11.3 Å². The Bertz CT molecular complexity index is 1050. The van der Waals surface area contributed by atoms with Gasteiger partial charge in [-0.1, -0.05) is 29.8 Å². The van der Waals surface area contributed by atoms with Gasteiger partial charge in [-0.25, -0.2) is 4.79 Å². The summed E-state index contributed by atoms with van der Waals surface area (Å²) in [5, 5.41) is 14.2. The van der Waals surface area contributed by atoms with Gasteiger partial charge in [0.15, 0.2) is 0 Å². The third kappa shape index (κ3) is 4.45. The van der Waals surface area contributed by atoms with Crippen molar-refractivity contribution in [2.45, 2.75) is 25.3 Å². The van der Waals surface area contributed by atoms with Crippen LogP contribution in [0.3, 0.4) is 0 Å². The summed E-state index contributed by atoms with van der Waals surface area (Å²) in [6.07, 6.45) is 2.60. The van der Waals surface area contributed by atoms with Crippen molar-refractivity contribution in [2.75, 3.05) is 18.4 Å². The summed E-state index contributed by atoms with van der Waals surface area (Å²) in [4.78, 5) is 26.8. The number of amides is 1. The van der Waals surface area contributed by atoms with Crippen LogP contribution < -0.4 is 5.32 Å². The van der Waals surface area contributed by atoms with Crippen LogP contribution >= 0.6 is 22.9 Å². The Balaban J connectivity index is 1.48. The molecule has 0 unspecified atom stereocenters. The third-order valence-electron chi connectivity index (χ3n) is 5.31. The van der Waals surface area contributed by atoms with E-state index in [2.05, 4.69) is 10.2 Å². The maximum Gasteiger partial charge on any atom is 0.346 e. The van der Waals surface area contributed by atoms with Crippen molar-refractivity contribution >= 4 is 50.6 Å². The Kier molecular flexibility index (Phi) is 5.85. The highest BCUT2D eigenvalue weighted by atomic mass is 35.5. The van der Waals surface area contributed by atoms with Crippen LogP contribution in [0.4, 0.5) is 5.69 Å². The standard InChI is InChI=1S/C22H21ClN2O3S/c23-14-7-9-15(10-8-14)24-20(26)13-25-11-3-4-16(25)12-18-17-5-1-2-6-19(17)29-21(18)22(27)28/h1-2,5-10,16H,3-4,11-13H2,(H,24,26)(H,27,28)/t16-/m0/s1. The van der Waals surface area contributed by atoms with Crippen molar-refractivity contribution in [3.8, 4) is 0 Å². The molecule has 1 aromatic heterocycles. The van der Waals surface area contributed by atoms with E-state index >= 15 is 0 Å².